The number of benzene rings is 3. The minimum Gasteiger partial charge on any atom is -0.506 e. The molecule has 0 radical (unpaired) electrons. The molecule has 3 aromatic carbocycles. The van der Waals surface area contributed by atoms with E-state index in [1.165, 1.54) is 47.4 Å². The van der Waals surface area contributed by atoms with E-state index in [2.05, 4.69) is 20.5 Å². The van der Waals surface area contributed by atoms with Crippen molar-refractivity contribution in [2.75, 3.05) is 5.32 Å². The highest BCUT2D eigenvalue weighted by Crippen LogP contribution is 2.25. The molecule has 15 heteroatoms. The minimum atomic E-state index is -4.96. The summed E-state index contributed by atoms with van der Waals surface area (Å²) >= 11 is 5.92. The summed E-state index contributed by atoms with van der Waals surface area (Å²) in [5.74, 6) is -0.700. The number of aromatic hydroxyl groups is 1. The number of rotatable bonds is 8. The number of aliphatic hydroxyl groups is 1. The Bertz CT molecular complexity index is 1800. The highest BCUT2D eigenvalue weighted by Gasteiger charge is 2.39. The number of phenolic OH excluding ortho intramolecular Hbond substituents is 1. The number of anilines is 1. The Kier molecular flexibility index (Phi) is 7.83. The van der Waals surface area contributed by atoms with E-state index in [1.807, 2.05) is 0 Å². The lowest BCUT2D eigenvalue weighted by Crippen LogP contribution is -2.37. The topological polar surface area (TPSA) is 140 Å². The van der Waals surface area contributed by atoms with Crippen molar-refractivity contribution in [3.05, 3.63) is 106 Å². The van der Waals surface area contributed by atoms with E-state index in [4.69, 9.17) is 11.6 Å². The maximum absolute atomic E-state index is 13.1. The molecule has 5 aromatic rings. The lowest BCUT2D eigenvalue weighted by molar-refractivity contribution is -0.207. The standard InChI is InChI=1S/C27H21ClF3N7O4/c28-17-11-9-16(10-12-17)24-35-37(26(42)36(24)13-22(40)27(29,30)31)14-23-32-15-38(34-23)20-7-3-1-5-18(20)25(41)33-19-6-2-4-8-21(19)39/h1-12,15,22,39-40H,13-14H2,(H,33,41). The Morgan fingerprint density at radius 2 is 1.69 bits per heavy atom. The Labute approximate surface area is 240 Å². The Balaban J connectivity index is 1.45. The normalized spacial score (nSPS) is 12.3. The molecule has 0 saturated carbocycles. The number of halogens is 4. The molecule has 0 saturated heterocycles. The van der Waals surface area contributed by atoms with E-state index < -0.39 is 30.4 Å². The molecular weight excluding hydrogens is 579 g/mol. The van der Waals surface area contributed by atoms with Gasteiger partial charge in [0.25, 0.3) is 5.91 Å². The Morgan fingerprint density at radius 1 is 1.00 bits per heavy atom. The third kappa shape index (κ3) is 6.04. The summed E-state index contributed by atoms with van der Waals surface area (Å²) in [4.78, 5) is 30.3. The van der Waals surface area contributed by atoms with Gasteiger partial charge in [0.05, 0.1) is 23.5 Å². The average molecular weight is 600 g/mol. The molecule has 1 atom stereocenters. The van der Waals surface area contributed by atoms with Gasteiger partial charge >= 0.3 is 11.9 Å². The smallest absolute Gasteiger partial charge is 0.416 e. The van der Waals surface area contributed by atoms with Gasteiger partial charge in [-0.3, -0.25) is 9.36 Å². The molecule has 216 valence electrons. The summed E-state index contributed by atoms with van der Waals surface area (Å²) < 4.78 is 42.3. The highest BCUT2D eigenvalue weighted by molar-refractivity contribution is 6.30. The summed E-state index contributed by atoms with van der Waals surface area (Å²) in [7, 11) is 0. The molecule has 1 amide bonds. The van der Waals surface area contributed by atoms with Gasteiger partial charge in [-0.25, -0.2) is 19.1 Å². The van der Waals surface area contributed by atoms with Crippen LogP contribution >= 0.6 is 11.6 Å². The maximum atomic E-state index is 13.1. The largest absolute Gasteiger partial charge is 0.506 e. The van der Waals surface area contributed by atoms with Crippen LogP contribution in [0.3, 0.4) is 0 Å². The Morgan fingerprint density at radius 3 is 2.40 bits per heavy atom. The predicted molar refractivity (Wildman–Crippen MR) is 146 cm³/mol. The number of aromatic nitrogens is 6. The van der Waals surface area contributed by atoms with Crippen molar-refractivity contribution in [2.24, 2.45) is 0 Å². The first-order chi connectivity index (χ1) is 20.0. The number of aliphatic hydroxyl groups excluding tert-OH is 1. The van der Waals surface area contributed by atoms with Crippen molar-refractivity contribution < 1.29 is 28.2 Å². The molecule has 1 unspecified atom stereocenters. The van der Waals surface area contributed by atoms with Gasteiger partial charge in [-0.05, 0) is 48.5 Å². The molecule has 2 aromatic heterocycles. The molecule has 42 heavy (non-hydrogen) atoms. The fourth-order valence-electron chi connectivity index (χ4n) is 4.05. The average Bonchev–Trinajstić information content (AvgIpc) is 3.55. The van der Waals surface area contributed by atoms with E-state index in [1.54, 1.807) is 36.4 Å². The van der Waals surface area contributed by atoms with Gasteiger partial charge in [-0.1, -0.05) is 35.9 Å². The molecule has 5 rings (SSSR count). The second kappa shape index (κ2) is 11.5. The predicted octanol–water partition coefficient (Wildman–Crippen LogP) is 3.88. The van der Waals surface area contributed by atoms with Crippen LogP contribution < -0.4 is 11.0 Å². The molecule has 11 nitrogen and oxygen atoms in total. The van der Waals surface area contributed by atoms with Crippen LogP contribution in [-0.4, -0.2) is 57.5 Å². The van der Waals surface area contributed by atoms with Crippen molar-refractivity contribution in [3.8, 4) is 22.8 Å². The number of nitrogens with zero attached hydrogens (tertiary/aromatic N) is 6. The third-order valence-corrected chi connectivity index (χ3v) is 6.39. The van der Waals surface area contributed by atoms with Crippen LogP contribution in [0, 0.1) is 0 Å². The van der Waals surface area contributed by atoms with Crippen molar-refractivity contribution in [1.29, 1.82) is 0 Å². The number of carbonyl (C=O) groups is 1. The van der Waals surface area contributed by atoms with Crippen molar-refractivity contribution in [3.63, 3.8) is 0 Å². The van der Waals surface area contributed by atoms with Crippen LogP contribution in [-0.2, 0) is 13.1 Å². The molecule has 0 fully saturated rings. The number of hydrogen-bond donors (Lipinski definition) is 3. The maximum Gasteiger partial charge on any atom is 0.416 e. The van der Waals surface area contributed by atoms with Crippen molar-refractivity contribution in [2.45, 2.75) is 25.4 Å². The summed E-state index contributed by atoms with van der Waals surface area (Å²) in [5.41, 5.74) is 0.107. The van der Waals surface area contributed by atoms with Gasteiger partial charge < -0.3 is 15.5 Å². The zero-order valence-electron chi connectivity index (χ0n) is 21.4. The molecule has 0 aliphatic rings. The fraction of sp³-hybridized carbons (Fsp3) is 0.148. The zero-order valence-corrected chi connectivity index (χ0v) is 22.2. The second-order valence-electron chi connectivity index (χ2n) is 9.03. The van der Waals surface area contributed by atoms with Gasteiger partial charge in [-0.15, -0.1) is 10.2 Å². The first-order valence-electron chi connectivity index (χ1n) is 12.3. The molecule has 0 spiro atoms. The first-order valence-corrected chi connectivity index (χ1v) is 12.7. The monoisotopic (exact) mass is 599 g/mol. The highest BCUT2D eigenvalue weighted by atomic mass is 35.5. The lowest BCUT2D eigenvalue weighted by Gasteiger charge is -2.15. The zero-order chi connectivity index (χ0) is 30.0. The number of phenols is 1. The lowest BCUT2D eigenvalue weighted by atomic mass is 10.1. The van der Waals surface area contributed by atoms with E-state index in [9.17, 15) is 33.0 Å². The van der Waals surface area contributed by atoms with Crippen LogP contribution in [0.2, 0.25) is 5.02 Å². The van der Waals surface area contributed by atoms with Gasteiger partial charge in [-0.2, -0.15) is 13.2 Å². The van der Waals surface area contributed by atoms with Crippen LogP contribution in [0.25, 0.3) is 17.1 Å². The molecule has 2 heterocycles. The number of alkyl halides is 3. The van der Waals surface area contributed by atoms with E-state index in [0.29, 0.717) is 16.3 Å². The van der Waals surface area contributed by atoms with Crippen LogP contribution in [0.5, 0.6) is 5.75 Å². The molecule has 3 N–H and O–H groups in total. The van der Waals surface area contributed by atoms with Gasteiger partial charge in [0, 0.05) is 10.6 Å². The van der Waals surface area contributed by atoms with E-state index in [-0.39, 0.29) is 35.2 Å². The number of hydrogen-bond acceptors (Lipinski definition) is 7. The van der Waals surface area contributed by atoms with Crippen LogP contribution in [0.1, 0.15) is 16.2 Å². The first kappa shape index (κ1) is 28.6. The number of amides is 1. The summed E-state index contributed by atoms with van der Waals surface area (Å²) in [5, 5.41) is 31.2. The SMILES string of the molecule is O=C(Nc1ccccc1O)c1ccccc1-n1cnc(Cn2nc(-c3ccc(Cl)cc3)n(CC(O)C(F)(F)F)c2=O)n1. The van der Waals surface area contributed by atoms with E-state index >= 15 is 0 Å². The molecule has 0 bridgehead atoms. The summed E-state index contributed by atoms with van der Waals surface area (Å²) in [6, 6.07) is 18.6. The number of para-hydroxylation sites is 3. The van der Waals surface area contributed by atoms with Crippen molar-refractivity contribution in [1.82, 2.24) is 29.1 Å². The minimum absolute atomic E-state index is 0.0664. The van der Waals surface area contributed by atoms with Crippen LogP contribution in [0.4, 0.5) is 18.9 Å². The molecular formula is C27H21ClF3N7O4. The quantitative estimate of drug-likeness (QED) is 0.230. The number of carbonyl (C=O) groups excluding carboxylic acids is 1. The van der Waals surface area contributed by atoms with E-state index in [0.717, 1.165) is 9.25 Å². The van der Waals surface area contributed by atoms with Gasteiger partial charge in [0.15, 0.2) is 17.8 Å². The molecule has 0 aliphatic carbocycles. The fourth-order valence-corrected chi connectivity index (χ4v) is 4.18. The Hall–Kier alpha value is -4.95. The number of nitrogens with one attached hydrogen (secondary N) is 1. The summed E-state index contributed by atoms with van der Waals surface area (Å²) in [6.07, 6.45) is -6.47. The third-order valence-electron chi connectivity index (χ3n) is 6.14. The van der Waals surface area contributed by atoms with Gasteiger partial charge in [0.2, 0.25) is 0 Å². The van der Waals surface area contributed by atoms with Gasteiger partial charge in [0.1, 0.15) is 18.6 Å². The second-order valence-corrected chi connectivity index (χ2v) is 9.47. The van der Waals surface area contributed by atoms with Crippen LogP contribution in [0.15, 0.2) is 83.9 Å². The van der Waals surface area contributed by atoms with Crippen molar-refractivity contribution >= 4 is 23.2 Å². The summed E-state index contributed by atoms with van der Waals surface area (Å²) in [6.45, 7) is -1.41. The molecule has 0 aliphatic heterocycles.